The predicted octanol–water partition coefficient (Wildman–Crippen LogP) is 3.19. The first-order valence-corrected chi connectivity index (χ1v) is 6.44. The first-order valence-electron chi connectivity index (χ1n) is 6.44. The minimum absolute atomic E-state index is 0.201. The lowest BCUT2D eigenvalue weighted by Crippen LogP contribution is -2.00. The zero-order valence-electron chi connectivity index (χ0n) is 10.9. The maximum absolute atomic E-state index is 14.0. The lowest BCUT2D eigenvalue weighted by atomic mass is 9.97. The van der Waals surface area contributed by atoms with Gasteiger partial charge in [-0.2, -0.15) is 0 Å². The number of ether oxygens (including phenoxy) is 1. The molecular weight excluding hydrogens is 241 g/mol. The Morgan fingerprint density at radius 2 is 2.11 bits per heavy atom. The second kappa shape index (κ2) is 4.67. The Morgan fingerprint density at radius 3 is 2.89 bits per heavy atom. The minimum atomic E-state index is -0.201. The van der Waals surface area contributed by atoms with E-state index in [0.717, 1.165) is 34.4 Å². The second-order valence-electron chi connectivity index (χ2n) is 4.91. The van der Waals surface area contributed by atoms with Crippen LogP contribution in [0, 0.1) is 12.7 Å². The molecular formula is C16H16FNO. The number of aryl methyl sites for hydroxylation is 1. The van der Waals surface area contributed by atoms with Gasteiger partial charge in [-0.05, 0) is 42.3 Å². The molecule has 2 nitrogen and oxygen atoms in total. The normalized spacial score (nSPS) is 13.2. The third kappa shape index (κ3) is 2.10. The summed E-state index contributed by atoms with van der Waals surface area (Å²) in [6, 6.07) is 9.10. The van der Waals surface area contributed by atoms with Gasteiger partial charge in [0.15, 0.2) is 0 Å². The minimum Gasteiger partial charge on any atom is -0.493 e. The van der Waals surface area contributed by atoms with Gasteiger partial charge in [0.05, 0.1) is 6.61 Å². The Labute approximate surface area is 112 Å². The number of fused-ring (bicyclic) bond motifs is 1. The summed E-state index contributed by atoms with van der Waals surface area (Å²) in [5, 5.41) is 0. The molecule has 3 rings (SSSR count). The molecule has 0 saturated carbocycles. The van der Waals surface area contributed by atoms with Crippen LogP contribution in [0.2, 0.25) is 0 Å². The van der Waals surface area contributed by atoms with E-state index >= 15 is 0 Å². The van der Waals surface area contributed by atoms with Crippen molar-refractivity contribution < 1.29 is 9.13 Å². The monoisotopic (exact) mass is 257 g/mol. The van der Waals surface area contributed by atoms with Gasteiger partial charge in [-0.1, -0.05) is 11.6 Å². The first kappa shape index (κ1) is 12.2. The van der Waals surface area contributed by atoms with Crippen molar-refractivity contribution in [3.8, 4) is 16.9 Å². The average molecular weight is 257 g/mol. The van der Waals surface area contributed by atoms with E-state index in [9.17, 15) is 4.39 Å². The van der Waals surface area contributed by atoms with Crippen molar-refractivity contribution in [1.82, 2.24) is 0 Å². The van der Waals surface area contributed by atoms with E-state index in [1.54, 1.807) is 6.07 Å². The van der Waals surface area contributed by atoms with Crippen LogP contribution in [0.5, 0.6) is 5.75 Å². The van der Waals surface area contributed by atoms with Gasteiger partial charge in [-0.3, -0.25) is 0 Å². The largest absolute Gasteiger partial charge is 0.493 e. The summed E-state index contributed by atoms with van der Waals surface area (Å²) >= 11 is 0. The molecule has 0 unspecified atom stereocenters. The van der Waals surface area contributed by atoms with Gasteiger partial charge in [0.2, 0.25) is 0 Å². The molecule has 0 bridgehead atoms. The molecule has 0 atom stereocenters. The first-order chi connectivity index (χ1) is 9.19. The molecule has 1 heterocycles. The quantitative estimate of drug-likeness (QED) is 0.896. The van der Waals surface area contributed by atoms with Crippen molar-refractivity contribution in [1.29, 1.82) is 0 Å². The van der Waals surface area contributed by atoms with Gasteiger partial charge >= 0.3 is 0 Å². The third-order valence-electron chi connectivity index (χ3n) is 3.51. The molecule has 0 amide bonds. The average Bonchev–Trinajstić information content (AvgIpc) is 2.88. The molecule has 1 aliphatic rings. The van der Waals surface area contributed by atoms with Gasteiger partial charge in [0.1, 0.15) is 11.6 Å². The van der Waals surface area contributed by atoms with Gasteiger partial charge in [0, 0.05) is 24.1 Å². The van der Waals surface area contributed by atoms with Gasteiger partial charge in [-0.25, -0.2) is 4.39 Å². The maximum atomic E-state index is 14.0. The van der Waals surface area contributed by atoms with Crippen LogP contribution in [0.1, 0.15) is 16.7 Å². The molecule has 3 heteroatoms. The van der Waals surface area contributed by atoms with E-state index in [1.807, 2.05) is 25.1 Å². The molecule has 1 aliphatic heterocycles. The maximum Gasteiger partial charge on any atom is 0.131 e. The Kier molecular flexibility index (Phi) is 2.99. The molecule has 2 aromatic carbocycles. The van der Waals surface area contributed by atoms with Crippen molar-refractivity contribution in [3.63, 3.8) is 0 Å². The summed E-state index contributed by atoms with van der Waals surface area (Å²) in [6.45, 7) is 3.05. The molecule has 2 N–H and O–H groups in total. The van der Waals surface area contributed by atoms with E-state index in [4.69, 9.17) is 10.5 Å². The number of nitrogens with two attached hydrogens (primary N) is 1. The van der Waals surface area contributed by atoms with Crippen LogP contribution in [0.25, 0.3) is 11.1 Å². The Balaban J connectivity index is 2.18. The molecule has 0 fully saturated rings. The topological polar surface area (TPSA) is 35.2 Å². The number of rotatable bonds is 2. The number of hydrogen-bond acceptors (Lipinski definition) is 2. The number of benzene rings is 2. The standard InChI is InChI=1S/C16H16FNO/c1-10-2-3-15(17)14(6-10)12-7-11-4-5-19-16(11)13(8-12)9-18/h2-3,6-8H,4-5,9,18H2,1H3. The van der Waals surface area contributed by atoms with Gasteiger partial charge < -0.3 is 10.5 Å². The van der Waals surface area contributed by atoms with Crippen LogP contribution in [0.15, 0.2) is 30.3 Å². The lowest BCUT2D eigenvalue weighted by Gasteiger charge is -2.11. The zero-order valence-corrected chi connectivity index (χ0v) is 10.9. The summed E-state index contributed by atoms with van der Waals surface area (Å²) < 4.78 is 19.6. The summed E-state index contributed by atoms with van der Waals surface area (Å²) in [4.78, 5) is 0. The Morgan fingerprint density at radius 1 is 1.26 bits per heavy atom. The molecule has 0 radical (unpaired) electrons. The highest BCUT2D eigenvalue weighted by Crippen LogP contribution is 2.35. The molecule has 2 aromatic rings. The van der Waals surface area contributed by atoms with Crippen LogP contribution in [0.3, 0.4) is 0 Å². The fourth-order valence-corrected chi connectivity index (χ4v) is 2.56. The van der Waals surface area contributed by atoms with Gasteiger partial charge in [0.25, 0.3) is 0 Å². The lowest BCUT2D eigenvalue weighted by molar-refractivity contribution is 0.353. The fourth-order valence-electron chi connectivity index (χ4n) is 2.56. The van der Waals surface area contributed by atoms with Crippen molar-refractivity contribution in [2.24, 2.45) is 5.73 Å². The Hall–Kier alpha value is -1.87. The van der Waals surface area contributed by atoms with Crippen molar-refractivity contribution >= 4 is 0 Å². The van der Waals surface area contributed by atoms with Crippen molar-refractivity contribution in [3.05, 3.63) is 52.8 Å². The molecule has 0 saturated heterocycles. The van der Waals surface area contributed by atoms with Crippen LogP contribution in [0.4, 0.5) is 4.39 Å². The third-order valence-corrected chi connectivity index (χ3v) is 3.51. The van der Waals surface area contributed by atoms with Crippen molar-refractivity contribution in [2.45, 2.75) is 19.9 Å². The summed E-state index contributed by atoms with van der Waals surface area (Å²) in [5.74, 6) is 0.687. The highest BCUT2D eigenvalue weighted by molar-refractivity contribution is 5.69. The smallest absolute Gasteiger partial charge is 0.131 e. The number of hydrogen-bond donors (Lipinski definition) is 1. The summed E-state index contributed by atoms with van der Waals surface area (Å²) in [7, 11) is 0. The predicted molar refractivity (Wildman–Crippen MR) is 73.7 cm³/mol. The molecule has 0 aromatic heterocycles. The highest BCUT2D eigenvalue weighted by Gasteiger charge is 2.18. The molecule has 0 aliphatic carbocycles. The van der Waals surface area contributed by atoms with E-state index in [1.165, 1.54) is 6.07 Å². The van der Waals surface area contributed by atoms with Crippen LogP contribution >= 0.6 is 0 Å². The van der Waals surface area contributed by atoms with E-state index in [2.05, 4.69) is 0 Å². The van der Waals surface area contributed by atoms with Crippen molar-refractivity contribution in [2.75, 3.05) is 6.61 Å². The molecule has 0 spiro atoms. The molecule has 19 heavy (non-hydrogen) atoms. The van der Waals surface area contributed by atoms with Crippen LogP contribution in [-0.4, -0.2) is 6.61 Å². The van der Waals surface area contributed by atoms with E-state index in [0.29, 0.717) is 18.7 Å². The second-order valence-corrected chi connectivity index (χ2v) is 4.91. The Bertz CT molecular complexity index is 637. The van der Waals surface area contributed by atoms with Crippen LogP contribution in [-0.2, 0) is 13.0 Å². The number of halogens is 1. The van der Waals surface area contributed by atoms with Crippen LogP contribution < -0.4 is 10.5 Å². The zero-order chi connectivity index (χ0) is 13.4. The van der Waals surface area contributed by atoms with E-state index < -0.39 is 0 Å². The SMILES string of the molecule is Cc1ccc(F)c(-c2cc(CN)c3c(c2)CCO3)c1. The van der Waals surface area contributed by atoms with Gasteiger partial charge in [-0.15, -0.1) is 0 Å². The highest BCUT2D eigenvalue weighted by atomic mass is 19.1. The summed E-state index contributed by atoms with van der Waals surface area (Å²) in [6.07, 6.45) is 0.865. The fraction of sp³-hybridized carbons (Fsp3) is 0.250. The summed E-state index contributed by atoms with van der Waals surface area (Å²) in [5.41, 5.74) is 10.4. The molecule has 98 valence electrons. The van der Waals surface area contributed by atoms with E-state index in [-0.39, 0.29) is 5.82 Å².